The molecule has 2 heterocycles. The maximum absolute atomic E-state index is 12.4. The number of halogens is 1. The fourth-order valence-corrected chi connectivity index (χ4v) is 3.61. The summed E-state index contributed by atoms with van der Waals surface area (Å²) in [6.45, 7) is 8.16. The van der Waals surface area contributed by atoms with E-state index in [1.807, 2.05) is 39.8 Å². The van der Waals surface area contributed by atoms with Crippen LogP contribution in [0.1, 0.15) is 23.9 Å². The molecule has 1 atom stereocenters. The van der Waals surface area contributed by atoms with Crippen LogP contribution in [0.3, 0.4) is 0 Å². The molecule has 5 nitrogen and oxygen atoms in total. The highest BCUT2D eigenvalue weighted by Crippen LogP contribution is 2.27. The van der Waals surface area contributed by atoms with Gasteiger partial charge in [-0.05, 0) is 38.5 Å². The van der Waals surface area contributed by atoms with Crippen molar-refractivity contribution >= 4 is 44.2 Å². The first-order valence-electron chi connectivity index (χ1n) is 7.72. The van der Waals surface area contributed by atoms with Crippen LogP contribution >= 0.6 is 22.9 Å². The zero-order valence-electron chi connectivity index (χ0n) is 14.1. The number of carbonyl (C=O) groups excluding carboxylic acids is 1. The predicted octanol–water partition coefficient (Wildman–Crippen LogP) is 4.35. The van der Waals surface area contributed by atoms with Gasteiger partial charge in [-0.25, -0.2) is 4.98 Å². The predicted molar refractivity (Wildman–Crippen MR) is 98.9 cm³/mol. The molecule has 126 valence electrons. The smallest absolute Gasteiger partial charge is 0.230 e. The monoisotopic (exact) mass is 362 g/mol. The summed E-state index contributed by atoms with van der Waals surface area (Å²) in [7, 11) is 0. The van der Waals surface area contributed by atoms with Gasteiger partial charge in [0, 0.05) is 0 Å². The summed E-state index contributed by atoms with van der Waals surface area (Å²) in [6.07, 6.45) is 0. The van der Waals surface area contributed by atoms with Crippen molar-refractivity contribution in [1.82, 2.24) is 14.8 Å². The van der Waals surface area contributed by atoms with Crippen molar-refractivity contribution in [2.45, 2.75) is 34.2 Å². The van der Waals surface area contributed by atoms with Crippen LogP contribution in [0.5, 0.6) is 0 Å². The third-order valence-corrected chi connectivity index (χ3v) is 5.44. The first-order chi connectivity index (χ1) is 11.3. The molecule has 0 spiro atoms. The Balaban J connectivity index is 1.72. The Morgan fingerprint density at radius 1 is 1.38 bits per heavy atom. The maximum atomic E-state index is 12.4. The molecule has 0 aliphatic heterocycles. The number of fused-ring (bicyclic) bond motifs is 1. The number of amides is 1. The van der Waals surface area contributed by atoms with E-state index in [-0.39, 0.29) is 11.8 Å². The van der Waals surface area contributed by atoms with Crippen LogP contribution < -0.4 is 5.32 Å². The minimum Gasteiger partial charge on any atom is -0.302 e. The molecule has 0 saturated heterocycles. The number of anilines is 1. The molecule has 0 saturated carbocycles. The van der Waals surface area contributed by atoms with E-state index in [4.69, 9.17) is 11.6 Å². The second kappa shape index (κ2) is 6.53. The zero-order valence-corrected chi connectivity index (χ0v) is 15.6. The minimum atomic E-state index is -0.243. The summed E-state index contributed by atoms with van der Waals surface area (Å²) in [6, 6.07) is 6.06. The van der Waals surface area contributed by atoms with Gasteiger partial charge in [0.2, 0.25) is 5.91 Å². The number of carbonyl (C=O) groups is 1. The number of nitrogens with zero attached hydrogens (tertiary/aromatic N) is 3. The molecule has 0 aliphatic rings. The number of thiazole rings is 1. The molecule has 24 heavy (non-hydrogen) atoms. The Bertz CT molecular complexity index is 915. The number of hydrogen-bond acceptors (Lipinski definition) is 4. The molecule has 2 aromatic heterocycles. The zero-order chi connectivity index (χ0) is 17.4. The molecule has 1 unspecified atom stereocenters. The Morgan fingerprint density at radius 3 is 2.79 bits per heavy atom. The molecule has 7 heteroatoms. The van der Waals surface area contributed by atoms with Crippen molar-refractivity contribution in [2.75, 3.05) is 5.32 Å². The summed E-state index contributed by atoms with van der Waals surface area (Å²) in [5.41, 5.74) is 3.74. The van der Waals surface area contributed by atoms with E-state index in [1.165, 1.54) is 16.9 Å². The summed E-state index contributed by atoms with van der Waals surface area (Å²) >= 11 is 7.64. The van der Waals surface area contributed by atoms with Crippen molar-refractivity contribution in [3.63, 3.8) is 0 Å². The molecule has 0 radical (unpaired) electrons. The topological polar surface area (TPSA) is 59.8 Å². The van der Waals surface area contributed by atoms with Crippen LogP contribution in [0.2, 0.25) is 5.02 Å². The molecule has 0 bridgehead atoms. The van der Waals surface area contributed by atoms with Gasteiger partial charge < -0.3 is 5.32 Å². The lowest BCUT2D eigenvalue weighted by Gasteiger charge is -2.12. The Kier molecular flexibility index (Phi) is 4.60. The van der Waals surface area contributed by atoms with Crippen LogP contribution in [0.25, 0.3) is 10.2 Å². The number of benzene rings is 1. The van der Waals surface area contributed by atoms with Gasteiger partial charge in [-0.2, -0.15) is 5.10 Å². The third-order valence-electron chi connectivity index (χ3n) is 3.96. The van der Waals surface area contributed by atoms with Crippen molar-refractivity contribution in [3.8, 4) is 0 Å². The maximum Gasteiger partial charge on any atom is 0.230 e. The molecule has 0 aliphatic carbocycles. The third kappa shape index (κ3) is 3.30. The molecule has 1 amide bonds. The quantitative estimate of drug-likeness (QED) is 0.750. The van der Waals surface area contributed by atoms with Gasteiger partial charge >= 0.3 is 0 Å². The van der Waals surface area contributed by atoms with Crippen LogP contribution in [-0.4, -0.2) is 20.7 Å². The number of aromatic nitrogens is 3. The average Bonchev–Trinajstić information content (AvgIpc) is 3.03. The summed E-state index contributed by atoms with van der Waals surface area (Å²) in [4.78, 5) is 16.9. The highest BCUT2D eigenvalue weighted by atomic mass is 35.5. The van der Waals surface area contributed by atoms with E-state index in [9.17, 15) is 4.79 Å². The van der Waals surface area contributed by atoms with Crippen LogP contribution in [0.15, 0.2) is 18.2 Å². The van der Waals surface area contributed by atoms with Crippen molar-refractivity contribution in [1.29, 1.82) is 0 Å². The molecule has 3 rings (SSSR count). The Hall–Kier alpha value is -1.92. The van der Waals surface area contributed by atoms with E-state index in [2.05, 4.69) is 21.5 Å². The second-order valence-electron chi connectivity index (χ2n) is 6.05. The minimum absolute atomic E-state index is 0.0746. The van der Waals surface area contributed by atoms with E-state index >= 15 is 0 Å². The lowest BCUT2D eigenvalue weighted by atomic mass is 10.1. The van der Waals surface area contributed by atoms with Crippen molar-refractivity contribution < 1.29 is 4.79 Å². The molecular weight excluding hydrogens is 344 g/mol. The van der Waals surface area contributed by atoms with Crippen LogP contribution in [0, 0.1) is 26.7 Å². The Morgan fingerprint density at radius 2 is 2.12 bits per heavy atom. The van der Waals surface area contributed by atoms with E-state index in [0.29, 0.717) is 16.7 Å². The highest BCUT2D eigenvalue weighted by molar-refractivity contribution is 7.22. The average molecular weight is 363 g/mol. The number of rotatable bonds is 4. The summed E-state index contributed by atoms with van der Waals surface area (Å²) in [5.74, 6) is -0.317. The van der Waals surface area contributed by atoms with Gasteiger partial charge in [0.1, 0.15) is 0 Å². The SMILES string of the molecule is Cc1ccc2nc(NC(=O)C(C)Cn3nc(C)c(Cl)c3C)sc2c1. The van der Waals surface area contributed by atoms with Crippen LogP contribution in [0.4, 0.5) is 5.13 Å². The largest absolute Gasteiger partial charge is 0.302 e. The molecular formula is C17H19ClN4OS. The first kappa shape index (κ1) is 16.9. The normalized spacial score (nSPS) is 12.5. The summed E-state index contributed by atoms with van der Waals surface area (Å²) in [5, 5.41) is 8.56. The standard InChI is InChI=1S/C17H19ClN4OS/c1-9-5-6-13-14(7-9)24-17(19-13)20-16(23)10(2)8-22-12(4)15(18)11(3)21-22/h5-7,10H,8H2,1-4H3,(H,19,20,23). The molecule has 0 fully saturated rings. The fourth-order valence-electron chi connectivity index (χ4n) is 2.51. The van der Waals surface area contributed by atoms with Crippen LogP contribution in [-0.2, 0) is 11.3 Å². The number of hydrogen-bond donors (Lipinski definition) is 1. The van der Waals surface area contributed by atoms with Gasteiger partial charge in [0.25, 0.3) is 0 Å². The molecule has 1 N–H and O–H groups in total. The lowest BCUT2D eigenvalue weighted by molar-refractivity contribution is -0.119. The fraction of sp³-hybridized carbons (Fsp3) is 0.353. The second-order valence-corrected chi connectivity index (χ2v) is 7.46. The Labute approximate surface area is 149 Å². The highest BCUT2D eigenvalue weighted by Gasteiger charge is 2.18. The van der Waals surface area contributed by atoms with Gasteiger partial charge in [0.15, 0.2) is 5.13 Å². The van der Waals surface area contributed by atoms with E-state index in [0.717, 1.165) is 21.6 Å². The lowest BCUT2D eigenvalue weighted by Crippen LogP contribution is -2.25. The summed E-state index contributed by atoms with van der Waals surface area (Å²) < 4.78 is 2.85. The van der Waals surface area contributed by atoms with E-state index in [1.54, 1.807) is 4.68 Å². The van der Waals surface area contributed by atoms with Gasteiger partial charge in [0.05, 0.1) is 39.1 Å². The van der Waals surface area contributed by atoms with Crippen molar-refractivity contribution in [3.05, 3.63) is 40.2 Å². The van der Waals surface area contributed by atoms with Gasteiger partial charge in [-0.3, -0.25) is 9.48 Å². The molecule has 1 aromatic carbocycles. The van der Waals surface area contributed by atoms with E-state index < -0.39 is 0 Å². The number of nitrogens with one attached hydrogen (secondary N) is 1. The number of aryl methyl sites for hydroxylation is 2. The van der Waals surface area contributed by atoms with Gasteiger partial charge in [-0.1, -0.05) is 35.9 Å². The first-order valence-corrected chi connectivity index (χ1v) is 8.92. The molecule has 3 aromatic rings. The van der Waals surface area contributed by atoms with Gasteiger partial charge in [-0.15, -0.1) is 0 Å². The van der Waals surface area contributed by atoms with Crippen molar-refractivity contribution in [2.24, 2.45) is 5.92 Å².